The zero-order chi connectivity index (χ0) is 24.6. The van der Waals surface area contributed by atoms with Gasteiger partial charge >= 0.3 is 5.97 Å². The third-order valence-electron chi connectivity index (χ3n) is 5.30. The van der Waals surface area contributed by atoms with Crippen LogP contribution < -0.4 is 15.6 Å². The molecule has 0 saturated heterocycles. The van der Waals surface area contributed by atoms with Crippen LogP contribution in [0.5, 0.6) is 5.75 Å². The average molecular weight is 468 g/mol. The van der Waals surface area contributed by atoms with Crippen molar-refractivity contribution in [1.82, 2.24) is 15.1 Å². The quantitative estimate of drug-likeness (QED) is 0.340. The van der Waals surface area contributed by atoms with Crippen LogP contribution in [-0.2, 0) is 32.0 Å². The van der Waals surface area contributed by atoms with Crippen molar-refractivity contribution in [3.63, 3.8) is 0 Å². The second-order valence-corrected chi connectivity index (χ2v) is 7.49. The van der Waals surface area contributed by atoms with Crippen molar-refractivity contribution in [2.45, 2.75) is 32.4 Å². The molecule has 3 rings (SSSR count). The summed E-state index contributed by atoms with van der Waals surface area (Å²) < 4.78 is 17.9. The number of hydrogen-bond donors (Lipinski definition) is 1. The maximum Gasteiger partial charge on any atom is 0.348 e. The number of ether oxygens (including phenoxy) is 3. The highest BCUT2D eigenvalue weighted by Gasteiger charge is 2.48. The molecule has 1 atom stereocenters. The number of rotatable bonds is 11. The van der Waals surface area contributed by atoms with Gasteiger partial charge in [0.2, 0.25) is 5.60 Å². The minimum Gasteiger partial charge on any atom is -0.492 e. The molecule has 1 aromatic heterocycles. The first-order chi connectivity index (χ1) is 16.4. The van der Waals surface area contributed by atoms with Crippen LogP contribution in [-0.4, -0.2) is 54.1 Å². The van der Waals surface area contributed by atoms with Crippen LogP contribution in [0, 0.1) is 0 Å². The molecule has 2 aromatic carbocycles. The minimum absolute atomic E-state index is 0.00995. The van der Waals surface area contributed by atoms with Gasteiger partial charge < -0.3 is 19.5 Å². The van der Waals surface area contributed by atoms with E-state index in [0.717, 1.165) is 5.39 Å². The highest BCUT2D eigenvalue weighted by molar-refractivity contribution is 6.06. The van der Waals surface area contributed by atoms with Crippen molar-refractivity contribution >= 4 is 22.6 Å². The Morgan fingerprint density at radius 1 is 1.06 bits per heavy atom. The lowest BCUT2D eigenvalue weighted by atomic mass is 9.93. The number of carbonyl (C=O) groups is 2. The van der Waals surface area contributed by atoms with Gasteiger partial charge in [0.1, 0.15) is 12.4 Å². The molecule has 0 fully saturated rings. The van der Waals surface area contributed by atoms with Gasteiger partial charge in [-0.15, -0.1) is 0 Å². The van der Waals surface area contributed by atoms with E-state index in [0.29, 0.717) is 23.2 Å². The minimum atomic E-state index is -1.77. The Bertz CT molecular complexity index is 1190. The van der Waals surface area contributed by atoms with Crippen molar-refractivity contribution in [1.29, 1.82) is 0 Å². The molecular weight excluding hydrogens is 438 g/mol. The lowest BCUT2D eigenvalue weighted by Crippen LogP contribution is -2.56. The van der Waals surface area contributed by atoms with Crippen LogP contribution in [0.4, 0.5) is 0 Å². The Hall–Kier alpha value is -3.72. The van der Waals surface area contributed by atoms with Crippen LogP contribution in [0.1, 0.15) is 19.4 Å². The van der Waals surface area contributed by atoms with E-state index < -0.39 is 17.5 Å². The van der Waals surface area contributed by atoms with Crippen LogP contribution in [0.2, 0.25) is 0 Å². The first-order valence-corrected chi connectivity index (χ1v) is 11.1. The summed E-state index contributed by atoms with van der Waals surface area (Å²) in [5.41, 5.74) is -1.24. The molecule has 180 valence electrons. The lowest BCUT2D eigenvalue weighted by Gasteiger charge is -2.29. The lowest BCUT2D eigenvalue weighted by molar-refractivity contribution is -0.177. The summed E-state index contributed by atoms with van der Waals surface area (Å²) in [5.74, 6) is -0.720. The fourth-order valence-electron chi connectivity index (χ4n) is 3.64. The summed E-state index contributed by atoms with van der Waals surface area (Å²) in [6.07, 6.45) is 1.67. The van der Waals surface area contributed by atoms with E-state index in [4.69, 9.17) is 14.2 Å². The predicted molar refractivity (Wildman–Crippen MR) is 127 cm³/mol. The number of likely N-dealkylation sites (N-methyl/N-ethyl adjacent to an activating group) is 1. The summed E-state index contributed by atoms with van der Waals surface area (Å²) in [7, 11) is 1.45. The molecule has 1 amide bonds. The summed E-state index contributed by atoms with van der Waals surface area (Å²) in [4.78, 5) is 37.8. The molecule has 34 heavy (non-hydrogen) atoms. The number of esters is 1. The molecule has 9 nitrogen and oxygen atoms in total. The van der Waals surface area contributed by atoms with E-state index in [1.54, 1.807) is 50.4 Å². The first-order valence-electron chi connectivity index (χ1n) is 11.1. The van der Waals surface area contributed by atoms with Gasteiger partial charge in [0.15, 0.2) is 0 Å². The van der Waals surface area contributed by atoms with Crippen LogP contribution >= 0.6 is 0 Å². The Kier molecular flexibility index (Phi) is 8.37. The largest absolute Gasteiger partial charge is 0.492 e. The van der Waals surface area contributed by atoms with Gasteiger partial charge in [-0.1, -0.05) is 30.3 Å². The van der Waals surface area contributed by atoms with Crippen LogP contribution in [0.15, 0.2) is 59.5 Å². The zero-order valence-electron chi connectivity index (χ0n) is 19.6. The fraction of sp³-hybridized carbons (Fsp3) is 0.360. The monoisotopic (exact) mass is 467 g/mol. The van der Waals surface area contributed by atoms with Crippen molar-refractivity contribution < 1.29 is 23.8 Å². The fourth-order valence-corrected chi connectivity index (χ4v) is 3.64. The highest BCUT2D eigenvalue weighted by Crippen LogP contribution is 2.23. The molecular formula is C25H29N3O6. The second-order valence-electron chi connectivity index (χ2n) is 7.49. The van der Waals surface area contributed by atoms with Crippen LogP contribution in [0.25, 0.3) is 10.8 Å². The van der Waals surface area contributed by atoms with Crippen molar-refractivity contribution in [3.05, 3.63) is 70.6 Å². The Morgan fingerprint density at radius 2 is 1.79 bits per heavy atom. The predicted octanol–water partition coefficient (Wildman–Crippen LogP) is 2.10. The Morgan fingerprint density at radius 3 is 2.47 bits per heavy atom. The third kappa shape index (κ3) is 5.43. The van der Waals surface area contributed by atoms with E-state index in [9.17, 15) is 14.4 Å². The number of nitrogens with zero attached hydrogens (tertiary/aromatic N) is 2. The third-order valence-corrected chi connectivity index (χ3v) is 5.30. The van der Waals surface area contributed by atoms with Gasteiger partial charge in [0.25, 0.3) is 11.5 Å². The highest BCUT2D eigenvalue weighted by atomic mass is 16.6. The summed E-state index contributed by atoms with van der Waals surface area (Å²) in [5, 5.41) is 8.09. The number of fused-ring (bicyclic) bond motifs is 1. The Labute approximate surface area is 197 Å². The zero-order valence-corrected chi connectivity index (χ0v) is 19.6. The van der Waals surface area contributed by atoms with E-state index >= 15 is 0 Å². The molecule has 1 N–H and O–H groups in total. The number of carbonyl (C=O) groups excluding carboxylic acids is 2. The maximum absolute atomic E-state index is 12.6. The number of benzene rings is 2. The van der Waals surface area contributed by atoms with Gasteiger partial charge in [-0.2, -0.15) is 5.10 Å². The van der Waals surface area contributed by atoms with Gasteiger partial charge in [0.05, 0.1) is 24.7 Å². The van der Waals surface area contributed by atoms with E-state index in [1.165, 1.54) is 11.7 Å². The summed E-state index contributed by atoms with van der Waals surface area (Å²) >= 11 is 0. The number of amides is 1. The van der Waals surface area contributed by atoms with E-state index in [1.807, 2.05) is 18.2 Å². The molecule has 9 heteroatoms. The van der Waals surface area contributed by atoms with Crippen molar-refractivity contribution in [3.8, 4) is 5.75 Å². The summed E-state index contributed by atoms with van der Waals surface area (Å²) in [6, 6.07) is 14.3. The number of nitrogens with one attached hydrogen (secondary N) is 1. The maximum atomic E-state index is 12.6. The smallest absolute Gasteiger partial charge is 0.348 e. The van der Waals surface area contributed by atoms with E-state index in [2.05, 4.69) is 10.4 Å². The van der Waals surface area contributed by atoms with E-state index in [-0.39, 0.29) is 31.8 Å². The normalized spacial score (nSPS) is 12.7. The summed E-state index contributed by atoms with van der Waals surface area (Å²) in [6.45, 7) is 4.21. The molecule has 1 heterocycles. The molecule has 0 bridgehead atoms. The molecule has 3 aromatic rings. The molecule has 1 unspecified atom stereocenters. The van der Waals surface area contributed by atoms with Crippen molar-refractivity contribution in [2.24, 2.45) is 0 Å². The van der Waals surface area contributed by atoms with Gasteiger partial charge in [-0.3, -0.25) is 9.59 Å². The molecule has 0 aliphatic heterocycles. The van der Waals surface area contributed by atoms with Crippen molar-refractivity contribution in [2.75, 3.05) is 26.9 Å². The molecule has 0 saturated carbocycles. The molecule has 0 radical (unpaired) electrons. The van der Waals surface area contributed by atoms with Gasteiger partial charge in [-0.25, -0.2) is 9.48 Å². The van der Waals surface area contributed by atoms with Gasteiger partial charge in [0, 0.05) is 25.5 Å². The number of hydrogen-bond acceptors (Lipinski definition) is 7. The average Bonchev–Trinajstić information content (AvgIpc) is 2.86. The van der Waals surface area contributed by atoms with Crippen LogP contribution in [0.3, 0.4) is 0 Å². The van der Waals surface area contributed by atoms with Gasteiger partial charge in [-0.05, 0) is 37.6 Å². The second kappa shape index (κ2) is 11.4. The standard InChI is InChI=1S/C25H29N3O6/c1-4-32-24(31)25(34-5-2,23(30)26-3)16-18-10-12-20(13-11-18)33-15-14-28-22(29)21-9-7-6-8-19(21)17-27-28/h6-13,17H,4-5,14-16H2,1-3H3,(H,26,30). The molecule has 0 aliphatic rings. The molecule has 0 spiro atoms. The number of aromatic nitrogens is 2. The Balaban J connectivity index is 1.68. The first kappa shape index (κ1) is 24.9. The topological polar surface area (TPSA) is 109 Å². The SMILES string of the molecule is CCOC(=O)C(Cc1ccc(OCCn2ncc3ccccc3c2=O)cc1)(OCC)C(=O)NC. The molecule has 0 aliphatic carbocycles.